The minimum absolute atomic E-state index is 0.174. The summed E-state index contributed by atoms with van der Waals surface area (Å²) in [6.07, 6.45) is -0.155. The van der Waals surface area contributed by atoms with Crippen LogP contribution < -0.4 is 11.5 Å². The normalized spacial score (nSPS) is 15.7. The number of azide groups is 1. The average Bonchev–Trinajstić information content (AvgIpc) is 2.26. The predicted octanol–water partition coefficient (Wildman–Crippen LogP) is 0.528. The minimum Gasteiger partial charge on any atom is -0.479 e. The number of carboxylic acids is 1. The summed E-state index contributed by atoms with van der Waals surface area (Å²) in [5, 5.41) is 12.6. The molecule has 0 heterocycles. The molecule has 9 heteroatoms. The van der Waals surface area contributed by atoms with Crippen LogP contribution in [0.3, 0.4) is 0 Å². The van der Waals surface area contributed by atoms with Crippen LogP contribution >= 0.6 is 0 Å². The molecule has 0 radical (unpaired) electrons. The molecule has 114 valence electrons. The van der Waals surface area contributed by atoms with E-state index in [9.17, 15) is 14.7 Å². The van der Waals surface area contributed by atoms with Crippen molar-refractivity contribution in [3.8, 4) is 0 Å². The van der Waals surface area contributed by atoms with Crippen molar-refractivity contribution in [1.29, 1.82) is 0 Å². The van der Waals surface area contributed by atoms with Crippen LogP contribution in [0.2, 0.25) is 0 Å². The first-order valence-corrected chi connectivity index (χ1v) is 6.07. The zero-order valence-electron chi connectivity index (χ0n) is 11.9. The van der Waals surface area contributed by atoms with Gasteiger partial charge < -0.3 is 21.3 Å². The zero-order valence-corrected chi connectivity index (χ0v) is 11.9. The monoisotopic (exact) mass is 287 g/mol. The first-order chi connectivity index (χ1) is 9.06. The van der Waals surface area contributed by atoms with E-state index < -0.39 is 29.1 Å². The molecular formula is C11H21N5O4. The van der Waals surface area contributed by atoms with Gasteiger partial charge in [0.15, 0.2) is 0 Å². The third-order valence-corrected chi connectivity index (χ3v) is 2.42. The third kappa shape index (κ3) is 5.43. The Labute approximate surface area is 116 Å². The second kappa shape index (κ2) is 7.09. The van der Waals surface area contributed by atoms with Gasteiger partial charge in [-0.05, 0) is 45.7 Å². The number of carbonyl (C=O) groups is 2. The van der Waals surface area contributed by atoms with Gasteiger partial charge in [0.2, 0.25) is 5.54 Å². The number of carboxylic acid groups (broad SMARTS) is 1. The van der Waals surface area contributed by atoms with Gasteiger partial charge in [-0.15, -0.1) is 0 Å². The van der Waals surface area contributed by atoms with Gasteiger partial charge in [0.25, 0.3) is 0 Å². The summed E-state index contributed by atoms with van der Waals surface area (Å²) in [6.45, 7) is 4.96. The maximum atomic E-state index is 12.0. The lowest BCUT2D eigenvalue weighted by atomic mass is 9.90. The largest absolute Gasteiger partial charge is 0.479 e. The molecule has 0 saturated carbocycles. The fraction of sp³-hybridized carbons (Fsp3) is 0.818. The highest BCUT2D eigenvalue weighted by molar-refractivity contribution is 6.04. The van der Waals surface area contributed by atoms with Gasteiger partial charge in [0.05, 0.1) is 0 Å². The van der Waals surface area contributed by atoms with Crippen molar-refractivity contribution >= 4 is 11.9 Å². The Morgan fingerprint density at radius 3 is 2.35 bits per heavy atom. The Kier molecular flexibility index (Phi) is 6.44. The van der Waals surface area contributed by atoms with Gasteiger partial charge in [-0.2, -0.15) is 0 Å². The lowest BCUT2D eigenvalue weighted by Gasteiger charge is -2.29. The van der Waals surface area contributed by atoms with E-state index in [0.29, 0.717) is 0 Å². The average molecular weight is 287 g/mol. The van der Waals surface area contributed by atoms with Crippen LogP contribution in [-0.2, 0) is 14.3 Å². The number of nitrogens with zero attached hydrogens (tertiary/aromatic N) is 3. The van der Waals surface area contributed by atoms with Crippen molar-refractivity contribution in [3.05, 3.63) is 10.4 Å². The van der Waals surface area contributed by atoms with Crippen LogP contribution in [0.15, 0.2) is 5.11 Å². The number of esters is 1. The van der Waals surface area contributed by atoms with E-state index in [0.717, 1.165) is 0 Å². The second-order valence-electron chi connectivity index (χ2n) is 5.42. The number of ether oxygens (including phenoxy) is 1. The molecule has 0 spiro atoms. The number of aliphatic carboxylic acids is 1. The second-order valence-corrected chi connectivity index (χ2v) is 5.42. The van der Waals surface area contributed by atoms with Gasteiger partial charge in [-0.1, -0.05) is 5.11 Å². The molecule has 0 aromatic heterocycles. The molecule has 0 bridgehead atoms. The fourth-order valence-electron chi connectivity index (χ4n) is 1.46. The Bertz CT molecular complexity index is 414. The smallest absolute Gasteiger partial charge is 0.338 e. The molecule has 0 amide bonds. The summed E-state index contributed by atoms with van der Waals surface area (Å²) >= 11 is 0. The van der Waals surface area contributed by atoms with E-state index >= 15 is 0 Å². The molecule has 20 heavy (non-hydrogen) atoms. The SMILES string of the molecule is CC(C)(C)OC(=O)[C@](N)(CC(CCN)N=[N+]=[N-])C(=O)O. The Hall–Kier alpha value is -1.83. The topological polar surface area (TPSA) is 164 Å². The Morgan fingerprint density at radius 2 is 2.00 bits per heavy atom. The van der Waals surface area contributed by atoms with Crippen molar-refractivity contribution < 1.29 is 19.4 Å². The summed E-state index contributed by atoms with van der Waals surface area (Å²) in [4.78, 5) is 25.9. The van der Waals surface area contributed by atoms with Crippen molar-refractivity contribution in [2.75, 3.05) is 6.54 Å². The molecule has 0 aliphatic rings. The number of hydrogen-bond acceptors (Lipinski definition) is 6. The van der Waals surface area contributed by atoms with Gasteiger partial charge in [0, 0.05) is 11.0 Å². The molecule has 0 aromatic rings. The molecule has 0 aromatic carbocycles. The highest BCUT2D eigenvalue weighted by Crippen LogP contribution is 2.20. The van der Waals surface area contributed by atoms with Gasteiger partial charge in [0.1, 0.15) is 5.60 Å². The summed E-state index contributed by atoms with van der Waals surface area (Å²) in [5.41, 5.74) is 16.3. The lowest BCUT2D eigenvalue weighted by Crippen LogP contribution is -2.58. The molecule has 0 saturated heterocycles. The number of carbonyl (C=O) groups excluding carboxylic acids is 1. The maximum Gasteiger partial charge on any atom is 0.338 e. The van der Waals surface area contributed by atoms with Crippen LogP contribution in [-0.4, -0.2) is 40.8 Å². The first-order valence-electron chi connectivity index (χ1n) is 6.07. The van der Waals surface area contributed by atoms with Gasteiger partial charge >= 0.3 is 11.9 Å². The molecule has 0 rings (SSSR count). The first kappa shape index (κ1) is 18.2. The lowest BCUT2D eigenvalue weighted by molar-refractivity contribution is -0.169. The molecule has 5 N–H and O–H groups in total. The fourth-order valence-corrected chi connectivity index (χ4v) is 1.46. The predicted molar refractivity (Wildman–Crippen MR) is 71.6 cm³/mol. The van der Waals surface area contributed by atoms with Crippen LogP contribution in [0.1, 0.15) is 33.6 Å². The van der Waals surface area contributed by atoms with Crippen LogP contribution in [0, 0.1) is 0 Å². The van der Waals surface area contributed by atoms with E-state index in [2.05, 4.69) is 10.0 Å². The zero-order chi connectivity index (χ0) is 16.0. The van der Waals surface area contributed by atoms with Crippen LogP contribution in [0.25, 0.3) is 10.4 Å². The number of nitrogens with two attached hydrogens (primary N) is 2. The summed E-state index contributed by atoms with van der Waals surface area (Å²) in [5.74, 6) is -2.62. The minimum atomic E-state index is -2.28. The van der Waals surface area contributed by atoms with Crippen LogP contribution in [0.4, 0.5) is 0 Å². The van der Waals surface area contributed by atoms with E-state index in [1.54, 1.807) is 20.8 Å². The molecule has 0 aliphatic carbocycles. The van der Waals surface area contributed by atoms with E-state index in [1.165, 1.54) is 0 Å². The molecule has 2 atom stereocenters. The molecule has 0 aliphatic heterocycles. The van der Waals surface area contributed by atoms with Crippen molar-refractivity contribution in [2.45, 2.75) is 50.8 Å². The number of rotatable bonds is 7. The molecule has 9 nitrogen and oxygen atoms in total. The maximum absolute atomic E-state index is 12.0. The highest BCUT2D eigenvalue weighted by atomic mass is 16.6. The van der Waals surface area contributed by atoms with E-state index in [1.807, 2.05) is 0 Å². The Balaban J connectivity index is 5.23. The summed E-state index contributed by atoms with van der Waals surface area (Å²) in [7, 11) is 0. The van der Waals surface area contributed by atoms with E-state index in [4.69, 9.17) is 21.7 Å². The van der Waals surface area contributed by atoms with Crippen LogP contribution in [0.5, 0.6) is 0 Å². The van der Waals surface area contributed by atoms with Crippen molar-refractivity contribution in [3.63, 3.8) is 0 Å². The highest BCUT2D eigenvalue weighted by Gasteiger charge is 2.46. The van der Waals surface area contributed by atoms with Gasteiger partial charge in [-0.25, -0.2) is 9.59 Å². The summed E-state index contributed by atoms with van der Waals surface area (Å²) in [6, 6.07) is -0.793. The van der Waals surface area contributed by atoms with Gasteiger partial charge in [-0.3, -0.25) is 0 Å². The summed E-state index contributed by atoms with van der Waals surface area (Å²) < 4.78 is 5.01. The molecule has 0 fully saturated rings. The van der Waals surface area contributed by atoms with E-state index in [-0.39, 0.29) is 19.4 Å². The van der Waals surface area contributed by atoms with Crippen molar-refractivity contribution in [1.82, 2.24) is 0 Å². The number of hydrogen-bond donors (Lipinski definition) is 3. The Morgan fingerprint density at radius 1 is 1.45 bits per heavy atom. The standard InChI is InChI=1S/C11H21N5O4/c1-10(2,3)20-9(19)11(13,8(17)18)6-7(4-5-12)15-16-14/h7H,4-6,12-13H2,1-3H3,(H,17,18)/t7?,11-/m0/s1. The third-order valence-electron chi connectivity index (χ3n) is 2.42. The molecule has 1 unspecified atom stereocenters. The van der Waals surface area contributed by atoms with Crippen molar-refractivity contribution in [2.24, 2.45) is 16.6 Å². The molecular weight excluding hydrogens is 266 g/mol. The quantitative estimate of drug-likeness (QED) is 0.203.